The molecule has 2 amide bonds. The van der Waals surface area contributed by atoms with Gasteiger partial charge in [-0.3, -0.25) is 4.79 Å². The zero-order valence-electron chi connectivity index (χ0n) is 21.7. The van der Waals surface area contributed by atoms with Crippen molar-refractivity contribution in [1.82, 2.24) is 9.88 Å². The van der Waals surface area contributed by atoms with Crippen molar-refractivity contribution in [1.29, 1.82) is 0 Å². The molecule has 0 bridgehead atoms. The van der Waals surface area contributed by atoms with Gasteiger partial charge in [-0.2, -0.15) is 0 Å². The van der Waals surface area contributed by atoms with E-state index in [1.165, 1.54) is 11.3 Å². The van der Waals surface area contributed by atoms with Gasteiger partial charge < -0.3 is 19.7 Å². The Balaban J connectivity index is 1.31. The number of nitrogens with zero attached hydrogens (tertiary/aromatic N) is 2. The molecule has 5 aromatic rings. The van der Waals surface area contributed by atoms with E-state index in [1.807, 2.05) is 73.7 Å². The lowest BCUT2D eigenvalue weighted by Crippen LogP contribution is -2.35. The van der Waals surface area contributed by atoms with Gasteiger partial charge in [0.05, 0.1) is 29.3 Å². The number of rotatable bonds is 4. The van der Waals surface area contributed by atoms with Gasteiger partial charge in [-0.05, 0) is 43.2 Å². The van der Waals surface area contributed by atoms with Gasteiger partial charge in [-0.15, -0.1) is 22.7 Å². The number of thiophene rings is 1. The predicted molar refractivity (Wildman–Crippen MR) is 157 cm³/mol. The van der Waals surface area contributed by atoms with E-state index >= 15 is 0 Å². The molecule has 1 N–H and O–H groups in total. The van der Waals surface area contributed by atoms with E-state index in [2.05, 4.69) is 11.4 Å². The smallest absolute Gasteiger partial charge is 0.410 e. The lowest BCUT2D eigenvalue weighted by Gasteiger charge is -2.27. The van der Waals surface area contributed by atoms with Gasteiger partial charge in [0.15, 0.2) is 0 Å². The summed E-state index contributed by atoms with van der Waals surface area (Å²) < 4.78 is 12.5. The third-order valence-electron chi connectivity index (χ3n) is 7.27. The number of carbonyl (C=O) groups is 2. The van der Waals surface area contributed by atoms with Gasteiger partial charge in [-0.1, -0.05) is 48.5 Å². The molecule has 0 aliphatic carbocycles. The molecule has 0 fully saturated rings. The summed E-state index contributed by atoms with van der Waals surface area (Å²) >= 11 is 3.13. The molecule has 2 aliphatic heterocycles. The molecule has 2 aromatic heterocycles. The summed E-state index contributed by atoms with van der Waals surface area (Å²) in [5.41, 5.74) is 4.67. The van der Waals surface area contributed by atoms with Crippen LogP contribution in [0.2, 0.25) is 0 Å². The van der Waals surface area contributed by atoms with Crippen LogP contribution in [0.3, 0.4) is 0 Å². The zero-order chi connectivity index (χ0) is 27.2. The van der Waals surface area contributed by atoms with E-state index in [-0.39, 0.29) is 12.0 Å². The van der Waals surface area contributed by atoms with E-state index < -0.39 is 5.92 Å². The Labute approximate surface area is 239 Å². The molecule has 0 saturated heterocycles. The molecule has 0 saturated carbocycles. The van der Waals surface area contributed by atoms with Gasteiger partial charge >= 0.3 is 6.09 Å². The number of carbonyl (C=O) groups excluding carboxylic acids is 2. The first-order valence-electron chi connectivity index (χ1n) is 13.2. The molecule has 0 atom stereocenters. The molecule has 0 unspecified atom stereocenters. The predicted octanol–water partition coefficient (Wildman–Crippen LogP) is 7.42. The lowest BCUT2D eigenvalue weighted by atomic mass is 9.87. The van der Waals surface area contributed by atoms with E-state index in [1.54, 1.807) is 16.2 Å². The third-order valence-corrected chi connectivity index (χ3v) is 9.46. The first-order valence-corrected chi connectivity index (χ1v) is 14.8. The summed E-state index contributed by atoms with van der Waals surface area (Å²) in [6, 6.07) is 23.4. The number of amides is 2. The molecular weight excluding hydrogens is 542 g/mol. The number of benzene rings is 3. The van der Waals surface area contributed by atoms with E-state index in [9.17, 15) is 9.59 Å². The molecule has 200 valence electrons. The van der Waals surface area contributed by atoms with Crippen molar-refractivity contribution in [3.63, 3.8) is 0 Å². The Morgan fingerprint density at radius 1 is 1.00 bits per heavy atom. The molecular formula is C31H25N3O4S2. The van der Waals surface area contributed by atoms with Crippen LogP contribution in [-0.2, 0) is 22.5 Å². The minimum absolute atomic E-state index is 0.133. The second-order valence-electron chi connectivity index (χ2n) is 9.67. The van der Waals surface area contributed by atoms with Crippen LogP contribution in [0, 0.1) is 0 Å². The second-order valence-corrected chi connectivity index (χ2v) is 11.8. The second kappa shape index (κ2) is 10.1. The molecule has 3 aromatic carbocycles. The van der Waals surface area contributed by atoms with Crippen molar-refractivity contribution in [2.24, 2.45) is 0 Å². The number of fused-ring (bicyclic) bond motifs is 4. The molecule has 40 heavy (non-hydrogen) atoms. The van der Waals surface area contributed by atoms with E-state index in [4.69, 9.17) is 14.5 Å². The van der Waals surface area contributed by atoms with Crippen molar-refractivity contribution >= 4 is 49.9 Å². The van der Waals surface area contributed by atoms with Gasteiger partial charge in [0.1, 0.15) is 21.5 Å². The van der Waals surface area contributed by atoms with Crippen LogP contribution in [-0.4, -0.2) is 35.0 Å². The molecule has 2 aliphatic rings. The number of aromatic nitrogens is 1. The Hall–Kier alpha value is -4.21. The standard InChI is InChI=1S/C31H25N3O4S2/c1-2-37-31(36)34-16-15-20-25(17-34)40-30(27(20)29-32-21-11-5-8-14-24(21)39-29)33-28(35)26-18-9-3-6-12-22(18)38-23-13-7-4-10-19(23)26/h3-14,26H,2,15-17H2,1H3,(H,33,35). The van der Waals surface area contributed by atoms with Crippen LogP contribution in [0.1, 0.15) is 34.4 Å². The first kappa shape index (κ1) is 24.8. The Morgan fingerprint density at radius 2 is 1.70 bits per heavy atom. The minimum Gasteiger partial charge on any atom is -0.457 e. The molecule has 4 heterocycles. The van der Waals surface area contributed by atoms with Crippen LogP contribution in [0.5, 0.6) is 11.5 Å². The number of hydrogen-bond donors (Lipinski definition) is 1. The third kappa shape index (κ3) is 4.22. The molecule has 9 heteroatoms. The highest BCUT2D eigenvalue weighted by Gasteiger charge is 2.35. The monoisotopic (exact) mass is 567 g/mol. The lowest BCUT2D eigenvalue weighted by molar-refractivity contribution is -0.116. The number of para-hydroxylation sites is 3. The first-order chi connectivity index (χ1) is 19.6. The van der Waals surface area contributed by atoms with Crippen molar-refractivity contribution in [2.45, 2.75) is 25.8 Å². The number of ether oxygens (including phenoxy) is 2. The van der Waals surface area contributed by atoms with Crippen LogP contribution in [0.25, 0.3) is 20.8 Å². The maximum Gasteiger partial charge on any atom is 0.410 e. The largest absolute Gasteiger partial charge is 0.457 e. The fourth-order valence-corrected chi connectivity index (χ4v) is 7.82. The van der Waals surface area contributed by atoms with Crippen LogP contribution >= 0.6 is 22.7 Å². The average Bonchev–Trinajstić information content (AvgIpc) is 3.56. The zero-order valence-corrected chi connectivity index (χ0v) is 23.3. The summed E-state index contributed by atoms with van der Waals surface area (Å²) in [6.07, 6.45) is 0.346. The Bertz CT molecular complexity index is 1700. The average molecular weight is 568 g/mol. The van der Waals surface area contributed by atoms with Crippen molar-refractivity contribution in [3.8, 4) is 22.1 Å². The molecule has 7 rings (SSSR count). The maximum atomic E-state index is 14.2. The SMILES string of the molecule is CCOC(=O)N1CCc2c(sc(NC(=O)C3c4ccccc4Oc4ccccc43)c2-c2nc3ccccc3s2)C1. The Morgan fingerprint density at radius 3 is 2.42 bits per heavy atom. The van der Waals surface area contributed by atoms with Gasteiger partial charge in [0, 0.05) is 28.1 Å². The fourth-order valence-electron chi connectivity index (χ4n) is 5.44. The highest BCUT2D eigenvalue weighted by Crippen LogP contribution is 2.48. The van der Waals surface area contributed by atoms with E-state index in [0.717, 1.165) is 47.4 Å². The van der Waals surface area contributed by atoms with Crippen LogP contribution in [0.4, 0.5) is 9.80 Å². The number of nitrogens with one attached hydrogen (secondary N) is 1. The summed E-state index contributed by atoms with van der Waals surface area (Å²) in [6.45, 7) is 3.13. The van der Waals surface area contributed by atoms with Crippen molar-refractivity contribution < 1.29 is 19.1 Å². The summed E-state index contributed by atoms with van der Waals surface area (Å²) in [7, 11) is 0. The summed E-state index contributed by atoms with van der Waals surface area (Å²) in [5.74, 6) is 0.706. The normalized spacial score (nSPS) is 14.2. The fraction of sp³-hybridized carbons (Fsp3) is 0.194. The molecule has 7 nitrogen and oxygen atoms in total. The highest BCUT2D eigenvalue weighted by molar-refractivity contribution is 7.23. The van der Waals surface area contributed by atoms with Gasteiger partial charge in [0.2, 0.25) is 5.91 Å². The minimum atomic E-state index is -0.528. The van der Waals surface area contributed by atoms with Gasteiger partial charge in [-0.25, -0.2) is 9.78 Å². The van der Waals surface area contributed by atoms with Crippen molar-refractivity contribution in [2.75, 3.05) is 18.5 Å². The highest BCUT2D eigenvalue weighted by atomic mass is 32.1. The van der Waals surface area contributed by atoms with Crippen LogP contribution in [0.15, 0.2) is 72.8 Å². The summed E-state index contributed by atoms with van der Waals surface area (Å²) in [4.78, 5) is 34.4. The topological polar surface area (TPSA) is 80.8 Å². The quantitative estimate of drug-likeness (QED) is 0.245. The molecule has 0 spiro atoms. The number of thiazole rings is 1. The van der Waals surface area contributed by atoms with Gasteiger partial charge in [0.25, 0.3) is 0 Å². The summed E-state index contributed by atoms with van der Waals surface area (Å²) in [5, 5.41) is 4.91. The maximum absolute atomic E-state index is 14.2. The van der Waals surface area contributed by atoms with Crippen LogP contribution < -0.4 is 10.1 Å². The number of hydrogen-bond acceptors (Lipinski definition) is 7. The van der Waals surface area contributed by atoms with E-state index in [0.29, 0.717) is 37.6 Å². The molecule has 0 radical (unpaired) electrons. The Kier molecular flexibility index (Phi) is 6.25. The number of anilines is 1. The van der Waals surface area contributed by atoms with Crippen molar-refractivity contribution in [3.05, 3.63) is 94.4 Å².